The standard InChI is InChI=1S/C15H13NO2/c1-11-2-5-15(8-13(11)10-17)18-14-6-3-12(9-16)4-7-14/h2-8,17H,10H2,1H3. The van der Waals surface area contributed by atoms with Gasteiger partial charge in [0.05, 0.1) is 18.2 Å². The molecule has 18 heavy (non-hydrogen) atoms. The number of ether oxygens (including phenoxy) is 1. The minimum atomic E-state index is -0.00357. The quantitative estimate of drug-likeness (QED) is 0.895. The van der Waals surface area contributed by atoms with Gasteiger partial charge in [0.15, 0.2) is 0 Å². The Kier molecular flexibility index (Phi) is 3.61. The molecule has 0 heterocycles. The summed E-state index contributed by atoms with van der Waals surface area (Å²) in [7, 11) is 0. The molecule has 1 N–H and O–H groups in total. The van der Waals surface area contributed by atoms with Crippen LogP contribution in [0.1, 0.15) is 16.7 Å². The Morgan fingerprint density at radius 3 is 2.39 bits per heavy atom. The van der Waals surface area contributed by atoms with E-state index in [1.54, 1.807) is 24.3 Å². The first-order valence-corrected chi connectivity index (χ1v) is 5.61. The molecule has 2 aromatic carbocycles. The monoisotopic (exact) mass is 239 g/mol. The third-order valence-electron chi connectivity index (χ3n) is 2.71. The van der Waals surface area contributed by atoms with Crippen molar-refractivity contribution in [2.75, 3.05) is 0 Å². The minimum absolute atomic E-state index is 0.00357. The normalized spacial score (nSPS) is 9.83. The van der Waals surface area contributed by atoms with E-state index in [2.05, 4.69) is 6.07 Å². The molecule has 0 aliphatic rings. The third kappa shape index (κ3) is 2.68. The molecule has 0 unspecified atom stereocenters. The van der Waals surface area contributed by atoms with Crippen LogP contribution in [0, 0.1) is 18.3 Å². The van der Waals surface area contributed by atoms with Crippen LogP contribution in [0.4, 0.5) is 0 Å². The molecule has 3 nitrogen and oxygen atoms in total. The van der Waals surface area contributed by atoms with Crippen molar-refractivity contribution in [1.82, 2.24) is 0 Å². The van der Waals surface area contributed by atoms with E-state index in [-0.39, 0.29) is 6.61 Å². The summed E-state index contributed by atoms with van der Waals surface area (Å²) < 4.78 is 5.65. The number of nitriles is 1. The highest BCUT2D eigenvalue weighted by Gasteiger charge is 2.02. The first-order chi connectivity index (χ1) is 8.72. The van der Waals surface area contributed by atoms with Crippen LogP contribution in [0.25, 0.3) is 0 Å². The van der Waals surface area contributed by atoms with E-state index in [1.807, 2.05) is 25.1 Å². The van der Waals surface area contributed by atoms with Crippen molar-refractivity contribution in [1.29, 1.82) is 5.26 Å². The number of aliphatic hydroxyl groups is 1. The van der Waals surface area contributed by atoms with Gasteiger partial charge in [-0.25, -0.2) is 0 Å². The zero-order valence-corrected chi connectivity index (χ0v) is 10.1. The van der Waals surface area contributed by atoms with Crippen LogP contribution in [-0.4, -0.2) is 5.11 Å². The van der Waals surface area contributed by atoms with Gasteiger partial charge >= 0.3 is 0 Å². The Balaban J connectivity index is 2.20. The largest absolute Gasteiger partial charge is 0.457 e. The second-order valence-electron chi connectivity index (χ2n) is 3.98. The molecule has 2 rings (SSSR count). The summed E-state index contributed by atoms with van der Waals surface area (Å²) >= 11 is 0. The van der Waals surface area contributed by atoms with Crippen molar-refractivity contribution in [3.63, 3.8) is 0 Å². The fourth-order valence-electron chi connectivity index (χ4n) is 1.62. The highest BCUT2D eigenvalue weighted by Crippen LogP contribution is 2.24. The van der Waals surface area contributed by atoms with Gasteiger partial charge in [-0.3, -0.25) is 0 Å². The van der Waals surface area contributed by atoms with E-state index in [0.717, 1.165) is 11.1 Å². The van der Waals surface area contributed by atoms with Crippen molar-refractivity contribution in [3.05, 3.63) is 59.2 Å². The van der Waals surface area contributed by atoms with E-state index in [0.29, 0.717) is 17.1 Å². The Morgan fingerprint density at radius 1 is 1.11 bits per heavy atom. The average molecular weight is 239 g/mol. The predicted molar refractivity (Wildman–Crippen MR) is 68.3 cm³/mol. The van der Waals surface area contributed by atoms with E-state index >= 15 is 0 Å². The molecule has 0 aromatic heterocycles. The maximum Gasteiger partial charge on any atom is 0.127 e. The number of hydrogen-bond donors (Lipinski definition) is 1. The lowest BCUT2D eigenvalue weighted by molar-refractivity contribution is 0.280. The average Bonchev–Trinajstić information content (AvgIpc) is 2.42. The Morgan fingerprint density at radius 2 is 1.78 bits per heavy atom. The van der Waals surface area contributed by atoms with Crippen LogP contribution < -0.4 is 4.74 Å². The highest BCUT2D eigenvalue weighted by molar-refractivity contribution is 5.40. The molecular formula is C15H13NO2. The van der Waals surface area contributed by atoms with Gasteiger partial charge in [-0.15, -0.1) is 0 Å². The Labute approximate surface area is 106 Å². The molecule has 0 spiro atoms. The molecule has 0 fully saturated rings. The minimum Gasteiger partial charge on any atom is -0.457 e. The lowest BCUT2D eigenvalue weighted by Crippen LogP contribution is -1.91. The smallest absolute Gasteiger partial charge is 0.127 e. The van der Waals surface area contributed by atoms with Gasteiger partial charge in [-0.05, 0) is 54.4 Å². The van der Waals surface area contributed by atoms with E-state index < -0.39 is 0 Å². The van der Waals surface area contributed by atoms with Crippen molar-refractivity contribution >= 4 is 0 Å². The first kappa shape index (κ1) is 12.2. The van der Waals surface area contributed by atoms with Crippen LogP contribution in [0.2, 0.25) is 0 Å². The number of nitrogens with zero attached hydrogens (tertiary/aromatic N) is 1. The van der Waals surface area contributed by atoms with E-state index in [1.165, 1.54) is 0 Å². The Bertz CT molecular complexity index is 582. The zero-order valence-electron chi connectivity index (χ0n) is 10.1. The molecule has 0 aliphatic carbocycles. The number of benzene rings is 2. The maximum atomic E-state index is 9.19. The molecule has 0 bridgehead atoms. The molecule has 0 saturated carbocycles. The molecular weight excluding hydrogens is 226 g/mol. The summed E-state index contributed by atoms with van der Waals surface area (Å²) in [6.45, 7) is 1.94. The van der Waals surface area contributed by atoms with Gasteiger partial charge in [0, 0.05) is 0 Å². The van der Waals surface area contributed by atoms with Gasteiger partial charge in [-0.2, -0.15) is 5.26 Å². The molecule has 90 valence electrons. The van der Waals surface area contributed by atoms with Gasteiger partial charge in [0.1, 0.15) is 11.5 Å². The van der Waals surface area contributed by atoms with Gasteiger partial charge in [0.2, 0.25) is 0 Å². The van der Waals surface area contributed by atoms with Crippen LogP contribution in [0.3, 0.4) is 0 Å². The number of aryl methyl sites for hydroxylation is 1. The van der Waals surface area contributed by atoms with Crippen molar-refractivity contribution in [2.45, 2.75) is 13.5 Å². The van der Waals surface area contributed by atoms with Gasteiger partial charge in [-0.1, -0.05) is 6.07 Å². The van der Waals surface area contributed by atoms with Crippen LogP contribution >= 0.6 is 0 Å². The first-order valence-electron chi connectivity index (χ1n) is 5.61. The summed E-state index contributed by atoms with van der Waals surface area (Å²) in [5.41, 5.74) is 2.48. The van der Waals surface area contributed by atoms with E-state index in [9.17, 15) is 5.11 Å². The SMILES string of the molecule is Cc1ccc(Oc2ccc(C#N)cc2)cc1CO. The number of hydrogen-bond acceptors (Lipinski definition) is 3. The second-order valence-corrected chi connectivity index (χ2v) is 3.98. The lowest BCUT2D eigenvalue weighted by Gasteiger charge is -2.08. The third-order valence-corrected chi connectivity index (χ3v) is 2.71. The van der Waals surface area contributed by atoms with Crippen molar-refractivity contribution < 1.29 is 9.84 Å². The molecule has 3 heteroatoms. The summed E-state index contributed by atoms with van der Waals surface area (Å²) in [4.78, 5) is 0. The summed E-state index contributed by atoms with van der Waals surface area (Å²) in [5, 5.41) is 17.9. The van der Waals surface area contributed by atoms with Crippen LogP contribution in [0.5, 0.6) is 11.5 Å². The second kappa shape index (κ2) is 5.35. The maximum absolute atomic E-state index is 9.19. The topological polar surface area (TPSA) is 53.2 Å². The Hall–Kier alpha value is -2.31. The lowest BCUT2D eigenvalue weighted by atomic mass is 10.1. The number of rotatable bonds is 3. The van der Waals surface area contributed by atoms with E-state index in [4.69, 9.17) is 10.00 Å². The summed E-state index contributed by atoms with van der Waals surface area (Å²) in [5.74, 6) is 1.34. The zero-order chi connectivity index (χ0) is 13.0. The van der Waals surface area contributed by atoms with Crippen LogP contribution in [-0.2, 0) is 6.61 Å². The number of aliphatic hydroxyl groups excluding tert-OH is 1. The summed E-state index contributed by atoms with van der Waals surface area (Å²) in [6, 6.07) is 14.5. The van der Waals surface area contributed by atoms with Crippen molar-refractivity contribution in [2.24, 2.45) is 0 Å². The van der Waals surface area contributed by atoms with Gasteiger partial charge < -0.3 is 9.84 Å². The fourth-order valence-corrected chi connectivity index (χ4v) is 1.62. The van der Waals surface area contributed by atoms with Gasteiger partial charge in [0.25, 0.3) is 0 Å². The molecule has 2 aromatic rings. The molecule has 0 saturated heterocycles. The molecule has 0 atom stereocenters. The predicted octanol–water partition coefficient (Wildman–Crippen LogP) is 3.15. The van der Waals surface area contributed by atoms with Crippen molar-refractivity contribution in [3.8, 4) is 17.6 Å². The summed E-state index contributed by atoms with van der Waals surface area (Å²) in [6.07, 6.45) is 0. The molecule has 0 radical (unpaired) electrons. The highest BCUT2D eigenvalue weighted by atomic mass is 16.5. The van der Waals surface area contributed by atoms with Crippen LogP contribution in [0.15, 0.2) is 42.5 Å². The molecule has 0 aliphatic heterocycles. The fraction of sp³-hybridized carbons (Fsp3) is 0.133. The molecule has 0 amide bonds.